The minimum Gasteiger partial charge on any atom is -0.428 e. The molecule has 1 heterocycles. The standard InChI is InChI=1S/C11H10N2O/c1-11(2)5-3-8-9(4-6-11)14-10(7-12)13-8/h3-6H,1-2H3. The van der Waals surface area contributed by atoms with Crippen LogP contribution in [0.3, 0.4) is 0 Å². The Morgan fingerprint density at radius 1 is 1.36 bits per heavy atom. The molecular weight excluding hydrogens is 176 g/mol. The van der Waals surface area contributed by atoms with Crippen molar-refractivity contribution in [2.45, 2.75) is 13.8 Å². The number of oxazole rings is 1. The molecule has 0 N–H and O–H groups in total. The van der Waals surface area contributed by atoms with Crippen molar-refractivity contribution in [3.05, 3.63) is 29.5 Å². The lowest BCUT2D eigenvalue weighted by molar-refractivity contribution is 0.531. The zero-order valence-electron chi connectivity index (χ0n) is 8.11. The van der Waals surface area contributed by atoms with Crippen LogP contribution in [-0.2, 0) is 0 Å². The Labute approximate surface area is 82.4 Å². The molecule has 0 bridgehead atoms. The zero-order chi connectivity index (χ0) is 10.2. The summed E-state index contributed by atoms with van der Waals surface area (Å²) in [6, 6.07) is 1.88. The van der Waals surface area contributed by atoms with Crippen LogP contribution >= 0.6 is 0 Å². The first kappa shape index (κ1) is 8.76. The smallest absolute Gasteiger partial charge is 0.301 e. The van der Waals surface area contributed by atoms with Crippen molar-refractivity contribution in [3.8, 4) is 6.07 Å². The molecule has 3 heteroatoms. The Balaban J connectivity index is 2.50. The molecule has 0 radical (unpaired) electrons. The lowest BCUT2D eigenvalue weighted by Crippen LogP contribution is -2.00. The summed E-state index contributed by atoms with van der Waals surface area (Å²) in [7, 11) is 0. The molecule has 0 spiro atoms. The molecule has 0 aliphatic heterocycles. The summed E-state index contributed by atoms with van der Waals surface area (Å²) < 4.78 is 5.22. The minimum atomic E-state index is 0.00995. The van der Waals surface area contributed by atoms with Gasteiger partial charge in [-0.25, -0.2) is 0 Å². The van der Waals surface area contributed by atoms with Crippen molar-refractivity contribution in [1.29, 1.82) is 5.26 Å². The lowest BCUT2D eigenvalue weighted by Gasteiger charge is -2.11. The third-order valence-corrected chi connectivity index (χ3v) is 2.11. The Morgan fingerprint density at radius 3 is 2.79 bits per heavy atom. The quantitative estimate of drug-likeness (QED) is 0.625. The van der Waals surface area contributed by atoms with Crippen LogP contribution in [0, 0.1) is 16.7 Å². The van der Waals surface area contributed by atoms with E-state index in [1.54, 1.807) is 0 Å². The molecule has 2 rings (SSSR count). The van der Waals surface area contributed by atoms with Gasteiger partial charge in [-0.05, 0) is 12.2 Å². The fourth-order valence-electron chi connectivity index (χ4n) is 1.27. The van der Waals surface area contributed by atoms with Gasteiger partial charge in [-0.2, -0.15) is 10.2 Å². The second-order valence-electron chi connectivity index (χ2n) is 3.87. The maximum atomic E-state index is 8.61. The van der Waals surface area contributed by atoms with Gasteiger partial charge in [0.05, 0.1) is 0 Å². The first-order valence-electron chi connectivity index (χ1n) is 4.40. The van der Waals surface area contributed by atoms with Gasteiger partial charge in [-0.1, -0.05) is 26.0 Å². The predicted molar refractivity (Wildman–Crippen MR) is 53.1 cm³/mol. The fraction of sp³-hybridized carbons (Fsp3) is 0.273. The van der Waals surface area contributed by atoms with Gasteiger partial charge >= 0.3 is 5.89 Å². The van der Waals surface area contributed by atoms with Crippen molar-refractivity contribution < 1.29 is 4.42 Å². The highest BCUT2D eigenvalue weighted by Gasteiger charge is 2.16. The maximum absolute atomic E-state index is 8.61. The monoisotopic (exact) mass is 186 g/mol. The van der Waals surface area contributed by atoms with E-state index >= 15 is 0 Å². The zero-order valence-corrected chi connectivity index (χ0v) is 8.11. The maximum Gasteiger partial charge on any atom is 0.301 e. The molecular formula is C11H10N2O. The van der Waals surface area contributed by atoms with Crippen LogP contribution in [0.25, 0.3) is 12.2 Å². The third kappa shape index (κ3) is 1.47. The predicted octanol–water partition coefficient (Wildman–Crippen LogP) is 2.61. The average Bonchev–Trinajstić information content (AvgIpc) is 2.49. The first-order valence-corrected chi connectivity index (χ1v) is 4.40. The highest BCUT2D eigenvalue weighted by molar-refractivity contribution is 5.62. The summed E-state index contributed by atoms with van der Waals surface area (Å²) in [4.78, 5) is 4.03. The van der Waals surface area contributed by atoms with Gasteiger partial charge in [0.25, 0.3) is 0 Å². The van der Waals surface area contributed by atoms with E-state index in [4.69, 9.17) is 9.68 Å². The largest absolute Gasteiger partial charge is 0.428 e. The highest BCUT2D eigenvalue weighted by atomic mass is 16.4. The molecule has 70 valence electrons. The third-order valence-electron chi connectivity index (χ3n) is 2.11. The average molecular weight is 186 g/mol. The van der Waals surface area contributed by atoms with Crippen LogP contribution in [0.4, 0.5) is 0 Å². The van der Waals surface area contributed by atoms with Gasteiger partial charge in [0.2, 0.25) is 0 Å². The molecule has 0 atom stereocenters. The van der Waals surface area contributed by atoms with Gasteiger partial charge in [0.1, 0.15) is 5.69 Å². The van der Waals surface area contributed by atoms with E-state index in [1.807, 2.05) is 30.4 Å². The van der Waals surface area contributed by atoms with E-state index in [0.717, 1.165) is 5.69 Å². The van der Waals surface area contributed by atoms with Gasteiger partial charge in [-0.15, -0.1) is 0 Å². The normalized spacial score (nSPS) is 17.2. The van der Waals surface area contributed by atoms with Gasteiger partial charge in [0.15, 0.2) is 11.8 Å². The Kier molecular flexibility index (Phi) is 1.78. The number of hydrogen-bond acceptors (Lipinski definition) is 3. The van der Waals surface area contributed by atoms with Crippen molar-refractivity contribution >= 4 is 12.2 Å². The van der Waals surface area contributed by atoms with E-state index < -0.39 is 0 Å². The molecule has 0 aromatic carbocycles. The Morgan fingerprint density at radius 2 is 2.07 bits per heavy atom. The molecule has 3 nitrogen and oxygen atoms in total. The number of hydrogen-bond donors (Lipinski definition) is 0. The number of nitriles is 1. The number of aromatic nitrogens is 1. The number of fused-ring (bicyclic) bond motifs is 1. The van der Waals surface area contributed by atoms with E-state index in [9.17, 15) is 0 Å². The van der Waals surface area contributed by atoms with Crippen LogP contribution in [0.15, 0.2) is 16.6 Å². The van der Waals surface area contributed by atoms with Gasteiger partial charge in [-0.3, -0.25) is 0 Å². The van der Waals surface area contributed by atoms with E-state index in [1.165, 1.54) is 0 Å². The van der Waals surface area contributed by atoms with Crippen molar-refractivity contribution in [2.75, 3.05) is 0 Å². The molecule has 14 heavy (non-hydrogen) atoms. The van der Waals surface area contributed by atoms with Crippen molar-refractivity contribution in [1.82, 2.24) is 4.98 Å². The molecule has 0 saturated heterocycles. The second-order valence-corrected chi connectivity index (χ2v) is 3.87. The van der Waals surface area contributed by atoms with Gasteiger partial charge < -0.3 is 4.42 Å². The summed E-state index contributed by atoms with van der Waals surface area (Å²) in [6.45, 7) is 4.19. The van der Waals surface area contributed by atoms with Crippen molar-refractivity contribution in [3.63, 3.8) is 0 Å². The first-order chi connectivity index (χ1) is 6.61. The molecule has 0 fully saturated rings. The summed E-state index contributed by atoms with van der Waals surface area (Å²) in [5.74, 6) is 0.771. The summed E-state index contributed by atoms with van der Waals surface area (Å²) in [5, 5.41) is 8.61. The lowest BCUT2D eigenvalue weighted by atomic mass is 9.93. The van der Waals surface area contributed by atoms with Crippen LogP contribution in [0.2, 0.25) is 0 Å². The van der Waals surface area contributed by atoms with E-state index in [0.29, 0.717) is 5.76 Å². The number of allylic oxidation sites excluding steroid dienone is 2. The summed E-state index contributed by atoms with van der Waals surface area (Å²) >= 11 is 0. The molecule has 0 unspecified atom stereocenters. The topological polar surface area (TPSA) is 49.8 Å². The summed E-state index contributed by atoms with van der Waals surface area (Å²) in [6.07, 6.45) is 7.82. The number of rotatable bonds is 0. The Hall–Kier alpha value is -1.82. The molecule has 0 amide bonds. The summed E-state index contributed by atoms with van der Waals surface area (Å²) in [5.41, 5.74) is 0.735. The molecule has 0 saturated carbocycles. The van der Waals surface area contributed by atoms with Crippen LogP contribution in [-0.4, -0.2) is 4.98 Å². The molecule has 1 aromatic heterocycles. The highest BCUT2D eigenvalue weighted by Crippen LogP contribution is 2.27. The van der Waals surface area contributed by atoms with Crippen LogP contribution in [0.1, 0.15) is 31.2 Å². The van der Waals surface area contributed by atoms with Crippen LogP contribution in [0.5, 0.6) is 0 Å². The van der Waals surface area contributed by atoms with Crippen molar-refractivity contribution in [2.24, 2.45) is 5.41 Å². The van der Waals surface area contributed by atoms with E-state index in [-0.39, 0.29) is 11.3 Å². The van der Waals surface area contributed by atoms with Crippen LogP contribution < -0.4 is 0 Å². The fourth-order valence-corrected chi connectivity index (χ4v) is 1.27. The second kappa shape index (κ2) is 2.85. The Bertz CT molecular complexity index is 425. The number of nitrogens with zero attached hydrogens (tertiary/aromatic N) is 2. The minimum absolute atomic E-state index is 0.00995. The SMILES string of the molecule is CC1(C)C=Cc2nc(C#N)oc2C=C1. The van der Waals surface area contributed by atoms with Gasteiger partial charge in [0, 0.05) is 5.41 Å². The molecule has 1 aromatic rings. The molecule has 1 aliphatic carbocycles. The van der Waals surface area contributed by atoms with E-state index in [2.05, 4.69) is 18.8 Å². The molecule has 1 aliphatic rings.